The van der Waals surface area contributed by atoms with Crippen LogP contribution in [0.2, 0.25) is 0 Å². The molecule has 0 aliphatic heterocycles. The first-order valence-corrected chi connectivity index (χ1v) is 10.3. The van der Waals surface area contributed by atoms with Gasteiger partial charge in [-0.1, -0.05) is 24.3 Å². The molecule has 10 heteroatoms. The molecule has 4 aromatic rings. The quantitative estimate of drug-likeness (QED) is 0.487. The number of amides is 2. The molecule has 0 saturated heterocycles. The van der Waals surface area contributed by atoms with Gasteiger partial charge in [-0.15, -0.1) is 22.7 Å². The van der Waals surface area contributed by atoms with Gasteiger partial charge in [0.25, 0.3) is 11.5 Å². The lowest BCUT2D eigenvalue weighted by atomic mass is 10.1. The van der Waals surface area contributed by atoms with Crippen molar-refractivity contribution >= 4 is 45.3 Å². The summed E-state index contributed by atoms with van der Waals surface area (Å²) in [6.45, 7) is 0. The normalized spacial score (nSPS) is 10.8. The van der Waals surface area contributed by atoms with E-state index in [-0.39, 0.29) is 17.7 Å². The van der Waals surface area contributed by atoms with Crippen LogP contribution in [-0.4, -0.2) is 26.6 Å². The fourth-order valence-electron chi connectivity index (χ4n) is 2.76. The molecule has 1 aromatic carbocycles. The minimum Gasteiger partial charge on any atom is -0.273 e. The number of aromatic nitrogens is 3. The van der Waals surface area contributed by atoms with Crippen molar-refractivity contribution in [2.45, 2.75) is 6.42 Å². The minimum absolute atomic E-state index is 0.0314. The molecule has 146 valence electrons. The maximum atomic E-state index is 12.5. The summed E-state index contributed by atoms with van der Waals surface area (Å²) in [6, 6.07) is 10.6. The Labute approximate surface area is 172 Å². The molecule has 3 aromatic heterocycles. The first-order valence-electron chi connectivity index (χ1n) is 8.56. The highest BCUT2D eigenvalue weighted by molar-refractivity contribution is 7.20. The van der Waals surface area contributed by atoms with Crippen molar-refractivity contribution in [2.75, 3.05) is 0 Å². The van der Waals surface area contributed by atoms with Crippen LogP contribution >= 0.6 is 22.7 Å². The monoisotopic (exact) mass is 425 g/mol. The second-order valence-corrected chi connectivity index (χ2v) is 7.93. The van der Waals surface area contributed by atoms with Crippen LogP contribution in [0, 0.1) is 0 Å². The van der Waals surface area contributed by atoms with Gasteiger partial charge in [0, 0.05) is 17.8 Å². The summed E-state index contributed by atoms with van der Waals surface area (Å²) in [5, 5.41) is 9.46. The average Bonchev–Trinajstić information content (AvgIpc) is 3.41. The van der Waals surface area contributed by atoms with Crippen molar-refractivity contribution in [2.24, 2.45) is 7.05 Å². The molecule has 0 atom stereocenters. The number of thiophene rings is 1. The standard InChI is InChI=1S/C19H15N5O3S2/c1-24-19(27)13-6-3-2-5-12(13)16(23-24)17(26)22-21-15(25)9-11-10-29-18(20-11)14-7-4-8-28-14/h2-8,10H,9H2,1H3,(H,21,25)(H,22,26). The van der Waals surface area contributed by atoms with E-state index in [1.165, 1.54) is 18.4 Å². The summed E-state index contributed by atoms with van der Waals surface area (Å²) in [6.07, 6.45) is 0.0314. The van der Waals surface area contributed by atoms with Gasteiger partial charge in [0.15, 0.2) is 5.69 Å². The van der Waals surface area contributed by atoms with Gasteiger partial charge in [0.1, 0.15) is 5.01 Å². The van der Waals surface area contributed by atoms with E-state index in [9.17, 15) is 14.4 Å². The van der Waals surface area contributed by atoms with Gasteiger partial charge < -0.3 is 0 Å². The molecule has 2 amide bonds. The number of carbonyl (C=O) groups is 2. The lowest BCUT2D eigenvalue weighted by Crippen LogP contribution is -2.43. The predicted molar refractivity (Wildman–Crippen MR) is 112 cm³/mol. The zero-order chi connectivity index (χ0) is 20.4. The molecule has 0 aliphatic carbocycles. The summed E-state index contributed by atoms with van der Waals surface area (Å²) in [5.41, 5.74) is 5.10. The molecule has 0 saturated carbocycles. The van der Waals surface area contributed by atoms with Crippen LogP contribution < -0.4 is 16.4 Å². The van der Waals surface area contributed by atoms with Gasteiger partial charge in [0.2, 0.25) is 5.91 Å². The van der Waals surface area contributed by atoms with E-state index >= 15 is 0 Å². The Morgan fingerprint density at radius 2 is 1.86 bits per heavy atom. The number of hydrogen-bond donors (Lipinski definition) is 2. The van der Waals surface area contributed by atoms with Crippen LogP contribution in [-0.2, 0) is 18.3 Å². The van der Waals surface area contributed by atoms with Crippen LogP contribution in [0.3, 0.4) is 0 Å². The SMILES string of the molecule is Cn1nc(C(=O)NNC(=O)Cc2csc(-c3cccs3)n2)c2ccccc2c1=O. The van der Waals surface area contributed by atoms with E-state index < -0.39 is 11.8 Å². The number of aryl methyl sites for hydroxylation is 1. The molecular weight excluding hydrogens is 410 g/mol. The molecule has 0 aliphatic rings. The molecular formula is C19H15N5O3S2. The molecule has 4 rings (SSSR count). The van der Waals surface area contributed by atoms with Gasteiger partial charge >= 0.3 is 0 Å². The smallest absolute Gasteiger partial charge is 0.273 e. The minimum atomic E-state index is -0.609. The highest BCUT2D eigenvalue weighted by atomic mass is 32.1. The third kappa shape index (κ3) is 3.93. The van der Waals surface area contributed by atoms with Gasteiger partial charge in [-0.2, -0.15) is 5.10 Å². The zero-order valence-electron chi connectivity index (χ0n) is 15.2. The summed E-state index contributed by atoms with van der Waals surface area (Å²) < 4.78 is 1.10. The van der Waals surface area contributed by atoms with E-state index in [4.69, 9.17) is 0 Å². The maximum Gasteiger partial charge on any atom is 0.290 e. The summed E-state index contributed by atoms with van der Waals surface area (Å²) in [4.78, 5) is 42.4. The highest BCUT2D eigenvalue weighted by Gasteiger charge is 2.16. The number of thiazole rings is 1. The molecule has 3 heterocycles. The van der Waals surface area contributed by atoms with Crippen LogP contribution in [0.5, 0.6) is 0 Å². The first kappa shape index (κ1) is 19.0. The topological polar surface area (TPSA) is 106 Å². The van der Waals surface area contributed by atoms with Crippen LogP contribution in [0.1, 0.15) is 16.2 Å². The Balaban J connectivity index is 1.44. The lowest BCUT2D eigenvalue weighted by Gasteiger charge is -2.09. The Morgan fingerprint density at radius 3 is 2.62 bits per heavy atom. The maximum absolute atomic E-state index is 12.5. The largest absolute Gasteiger partial charge is 0.290 e. The molecule has 0 radical (unpaired) electrons. The molecule has 0 bridgehead atoms. The Kier molecular flexibility index (Phi) is 5.19. The molecule has 29 heavy (non-hydrogen) atoms. The molecule has 0 unspecified atom stereocenters. The number of hydrazine groups is 1. The molecule has 0 fully saturated rings. The van der Waals surface area contributed by atoms with Crippen molar-refractivity contribution in [1.29, 1.82) is 0 Å². The first-order chi connectivity index (χ1) is 14.0. The third-order valence-electron chi connectivity index (χ3n) is 4.11. The number of fused-ring (bicyclic) bond motifs is 1. The number of nitrogens with zero attached hydrogens (tertiary/aromatic N) is 3. The Hall–Kier alpha value is -3.37. The fourth-order valence-corrected chi connectivity index (χ4v) is 4.40. The van der Waals surface area contributed by atoms with Crippen molar-refractivity contribution in [3.63, 3.8) is 0 Å². The van der Waals surface area contributed by atoms with Gasteiger partial charge in [-0.25, -0.2) is 9.67 Å². The fraction of sp³-hybridized carbons (Fsp3) is 0.105. The molecule has 2 N–H and O–H groups in total. The predicted octanol–water partition coefficient (Wildman–Crippen LogP) is 2.12. The van der Waals surface area contributed by atoms with Crippen LogP contribution in [0.15, 0.2) is 52.0 Å². The zero-order valence-corrected chi connectivity index (χ0v) is 16.8. The second-order valence-electron chi connectivity index (χ2n) is 6.12. The van der Waals surface area contributed by atoms with E-state index in [2.05, 4.69) is 20.9 Å². The Morgan fingerprint density at radius 1 is 1.07 bits per heavy atom. The highest BCUT2D eigenvalue weighted by Crippen LogP contribution is 2.27. The van der Waals surface area contributed by atoms with E-state index in [0.29, 0.717) is 16.5 Å². The summed E-state index contributed by atoms with van der Waals surface area (Å²) in [7, 11) is 1.47. The third-order valence-corrected chi connectivity index (χ3v) is 6.04. The molecule has 0 spiro atoms. The lowest BCUT2D eigenvalue weighted by molar-refractivity contribution is -0.121. The van der Waals surface area contributed by atoms with E-state index in [0.717, 1.165) is 14.6 Å². The van der Waals surface area contributed by atoms with Crippen molar-refractivity contribution in [1.82, 2.24) is 25.6 Å². The van der Waals surface area contributed by atoms with Gasteiger partial charge in [-0.3, -0.25) is 25.2 Å². The van der Waals surface area contributed by atoms with E-state index in [1.807, 2.05) is 22.9 Å². The van der Waals surface area contributed by atoms with Crippen molar-refractivity contribution in [3.05, 3.63) is 68.9 Å². The number of rotatable bonds is 4. The van der Waals surface area contributed by atoms with Crippen LogP contribution in [0.4, 0.5) is 0 Å². The second kappa shape index (κ2) is 7.94. The number of nitrogens with one attached hydrogen (secondary N) is 2. The van der Waals surface area contributed by atoms with Crippen LogP contribution in [0.25, 0.3) is 20.7 Å². The average molecular weight is 425 g/mol. The number of hydrogen-bond acceptors (Lipinski definition) is 7. The molecule has 8 nitrogen and oxygen atoms in total. The van der Waals surface area contributed by atoms with E-state index in [1.54, 1.807) is 35.6 Å². The van der Waals surface area contributed by atoms with Gasteiger partial charge in [-0.05, 0) is 17.5 Å². The van der Waals surface area contributed by atoms with Crippen molar-refractivity contribution < 1.29 is 9.59 Å². The number of carbonyl (C=O) groups excluding carboxylic acids is 2. The van der Waals surface area contributed by atoms with Gasteiger partial charge in [0.05, 0.1) is 22.4 Å². The summed E-state index contributed by atoms with van der Waals surface area (Å²) in [5.74, 6) is -1.02. The summed E-state index contributed by atoms with van der Waals surface area (Å²) >= 11 is 3.05. The van der Waals surface area contributed by atoms with Crippen molar-refractivity contribution in [3.8, 4) is 9.88 Å². The number of benzene rings is 1. The Bertz CT molecular complexity index is 1260.